The summed E-state index contributed by atoms with van der Waals surface area (Å²) in [7, 11) is -3.80. The van der Waals surface area contributed by atoms with E-state index in [0.717, 1.165) is 0 Å². The van der Waals surface area contributed by atoms with Crippen molar-refractivity contribution >= 4 is 27.5 Å². The van der Waals surface area contributed by atoms with Gasteiger partial charge in [-0.1, -0.05) is 0 Å². The molecule has 0 bridgehead atoms. The van der Waals surface area contributed by atoms with Crippen LogP contribution >= 0.6 is 0 Å². The molecule has 0 aliphatic rings. The second-order valence-corrected chi connectivity index (χ2v) is 7.48. The molecule has 1 aromatic heterocycles. The Morgan fingerprint density at radius 1 is 1.29 bits per heavy atom. The third kappa shape index (κ3) is 5.35. The Hall–Kier alpha value is -3.29. The lowest BCUT2D eigenvalue weighted by molar-refractivity contribution is -0.122. The van der Waals surface area contributed by atoms with Crippen molar-refractivity contribution in [1.82, 2.24) is 4.72 Å². The normalized spacial score (nSPS) is 12.0. The highest BCUT2D eigenvalue weighted by Crippen LogP contribution is 2.13. The zero-order valence-corrected chi connectivity index (χ0v) is 15.7. The van der Waals surface area contributed by atoms with Crippen molar-refractivity contribution in [2.75, 3.05) is 6.61 Å². The average molecular weight is 403 g/mol. The van der Waals surface area contributed by atoms with Crippen molar-refractivity contribution in [3.8, 4) is 6.07 Å². The molecule has 0 saturated carbocycles. The van der Waals surface area contributed by atoms with Crippen LogP contribution in [0, 0.1) is 22.7 Å². The lowest BCUT2D eigenvalue weighted by atomic mass is 10.0. The molecule has 28 heavy (non-hydrogen) atoms. The van der Waals surface area contributed by atoms with E-state index in [1.807, 2.05) is 0 Å². The van der Waals surface area contributed by atoms with E-state index >= 15 is 0 Å². The fourth-order valence-electron chi connectivity index (χ4n) is 2.15. The number of furan rings is 1. The fourth-order valence-corrected chi connectivity index (χ4v) is 3.14. The molecule has 0 amide bonds. The highest BCUT2D eigenvalue weighted by atomic mass is 32.2. The van der Waals surface area contributed by atoms with Gasteiger partial charge < -0.3 is 14.6 Å². The summed E-state index contributed by atoms with van der Waals surface area (Å²) < 4.78 is 36.7. The number of sulfonamides is 1. The maximum Gasteiger partial charge on any atom is 0.338 e. The van der Waals surface area contributed by atoms with Crippen molar-refractivity contribution in [3.63, 3.8) is 0 Å². The van der Waals surface area contributed by atoms with Gasteiger partial charge >= 0.3 is 5.97 Å². The van der Waals surface area contributed by atoms with E-state index < -0.39 is 34.3 Å². The molecule has 2 aromatic rings. The number of rotatable bonds is 9. The number of nitrogens with one attached hydrogen (secondary N) is 2. The molecular weight excluding hydrogens is 386 g/mol. The molecule has 1 heterocycles. The predicted molar refractivity (Wildman–Crippen MR) is 97.0 cm³/mol. The smallest absolute Gasteiger partial charge is 0.338 e. The zero-order valence-electron chi connectivity index (χ0n) is 14.8. The van der Waals surface area contributed by atoms with E-state index in [1.54, 1.807) is 18.2 Å². The minimum atomic E-state index is -3.80. The first-order valence-corrected chi connectivity index (χ1v) is 9.49. The summed E-state index contributed by atoms with van der Waals surface area (Å²) in [4.78, 5) is 23.7. The van der Waals surface area contributed by atoms with Crippen LogP contribution in [0.5, 0.6) is 0 Å². The maximum atomic E-state index is 12.2. The Labute approximate surface area is 161 Å². The Balaban J connectivity index is 1.97. The first-order valence-electron chi connectivity index (χ1n) is 8.01. The van der Waals surface area contributed by atoms with Gasteiger partial charge in [-0.15, -0.1) is 0 Å². The fraction of sp³-hybridized carbons (Fsp3) is 0.222. The highest BCUT2D eigenvalue weighted by molar-refractivity contribution is 7.89. The predicted octanol–water partition coefficient (Wildman–Crippen LogP) is 1.66. The summed E-state index contributed by atoms with van der Waals surface area (Å²) in [5.41, 5.74) is -0.0991. The van der Waals surface area contributed by atoms with Gasteiger partial charge in [0.05, 0.1) is 29.3 Å². The number of carbonyl (C=O) groups is 2. The summed E-state index contributed by atoms with van der Waals surface area (Å²) in [5.74, 6) is -2.37. The first-order chi connectivity index (χ1) is 13.2. The van der Waals surface area contributed by atoms with E-state index in [4.69, 9.17) is 19.8 Å². The number of hydrogen-bond donors (Lipinski definition) is 2. The van der Waals surface area contributed by atoms with Crippen LogP contribution in [0.15, 0.2) is 52.0 Å². The number of esters is 1. The molecule has 146 valence electrons. The van der Waals surface area contributed by atoms with Crippen molar-refractivity contribution in [2.24, 2.45) is 5.92 Å². The lowest BCUT2D eigenvalue weighted by Crippen LogP contribution is -2.25. The molecule has 1 atom stereocenters. The summed E-state index contributed by atoms with van der Waals surface area (Å²) >= 11 is 0. The van der Waals surface area contributed by atoms with Gasteiger partial charge in [-0.25, -0.2) is 17.9 Å². The van der Waals surface area contributed by atoms with Gasteiger partial charge in [0, 0.05) is 5.71 Å². The molecule has 0 fully saturated rings. The van der Waals surface area contributed by atoms with Crippen molar-refractivity contribution < 1.29 is 27.2 Å². The number of nitrogens with zero attached hydrogens (tertiary/aromatic N) is 1. The van der Waals surface area contributed by atoms with Gasteiger partial charge in [-0.2, -0.15) is 5.26 Å². The third-order valence-corrected chi connectivity index (χ3v) is 5.06. The maximum absolute atomic E-state index is 12.2. The summed E-state index contributed by atoms with van der Waals surface area (Å²) in [5, 5.41) is 16.2. The van der Waals surface area contributed by atoms with Crippen LogP contribution in [-0.4, -0.2) is 32.5 Å². The van der Waals surface area contributed by atoms with E-state index in [1.165, 1.54) is 37.5 Å². The van der Waals surface area contributed by atoms with Gasteiger partial charge in [0.2, 0.25) is 10.0 Å². The number of carbonyl (C=O) groups excluding carboxylic acids is 2. The third-order valence-electron chi connectivity index (χ3n) is 3.65. The largest absolute Gasteiger partial charge is 0.468 e. The molecule has 1 unspecified atom stereocenters. The Bertz CT molecular complexity index is 1000. The molecule has 1 aromatic carbocycles. The van der Waals surface area contributed by atoms with Crippen LogP contribution < -0.4 is 4.72 Å². The van der Waals surface area contributed by atoms with E-state index in [0.29, 0.717) is 5.76 Å². The average Bonchev–Trinajstić information content (AvgIpc) is 3.18. The molecule has 0 radical (unpaired) electrons. The van der Waals surface area contributed by atoms with Crippen LogP contribution in [-0.2, 0) is 26.1 Å². The van der Waals surface area contributed by atoms with Crippen LogP contribution in [0.2, 0.25) is 0 Å². The quantitative estimate of drug-likeness (QED) is 0.477. The molecule has 0 aliphatic carbocycles. The minimum Gasteiger partial charge on any atom is -0.468 e. The van der Waals surface area contributed by atoms with Crippen molar-refractivity contribution in [2.45, 2.75) is 18.4 Å². The van der Waals surface area contributed by atoms with Gasteiger partial charge in [0.25, 0.3) is 0 Å². The molecule has 2 N–H and O–H groups in total. The van der Waals surface area contributed by atoms with Crippen LogP contribution in [0.4, 0.5) is 0 Å². The highest BCUT2D eigenvalue weighted by Gasteiger charge is 2.22. The van der Waals surface area contributed by atoms with E-state index in [-0.39, 0.29) is 22.7 Å². The van der Waals surface area contributed by atoms with Crippen LogP contribution in [0.3, 0.4) is 0 Å². The Morgan fingerprint density at radius 3 is 2.50 bits per heavy atom. The molecule has 0 aliphatic heterocycles. The molecular formula is C18H17N3O6S. The second-order valence-electron chi connectivity index (χ2n) is 5.72. The zero-order chi connectivity index (χ0) is 20.7. The molecule has 2 rings (SSSR count). The number of ketones is 1. The lowest BCUT2D eigenvalue weighted by Gasteiger charge is -2.08. The second kappa shape index (κ2) is 9.07. The van der Waals surface area contributed by atoms with E-state index in [9.17, 15) is 18.0 Å². The molecule has 0 spiro atoms. The summed E-state index contributed by atoms with van der Waals surface area (Å²) in [6.45, 7) is 0.637. The van der Waals surface area contributed by atoms with Crippen molar-refractivity contribution in [3.05, 3.63) is 54.0 Å². The topological polar surface area (TPSA) is 150 Å². The standard InChI is InChI=1S/C18H17N3O6S/c1-12(20)16(9-19)17(22)11-27-18(23)13-4-6-15(7-5-13)28(24,25)21-10-14-3-2-8-26-14/h2-8,16,20-21H,10-11H2,1H3. The van der Waals surface area contributed by atoms with Gasteiger partial charge in [-0.3, -0.25) is 4.79 Å². The molecule has 0 saturated heterocycles. The van der Waals surface area contributed by atoms with Crippen LogP contribution in [0.1, 0.15) is 23.0 Å². The minimum absolute atomic E-state index is 0.0201. The number of hydrogen-bond acceptors (Lipinski definition) is 8. The van der Waals surface area contributed by atoms with Gasteiger partial charge in [-0.05, 0) is 43.3 Å². The number of ether oxygens (including phenoxy) is 1. The van der Waals surface area contributed by atoms with Crippen molar-refractivity contribution in [1.29, 1.82) is 10.7 Å². The first kappa shape index (κ1) is 21.0. The SMILES string of the molecule is CC(=N)C(C#N)C(=O)COC(=O)c1ccc(S(=O)(=O)NCc2ccco2)cc1. The Kier molecular flexibility index (Phi) is 6.81. The molecule has 10 heteroatoms. The van der Waals surface area contributed by atoms with Crippen LogP contribution in [0.25, 0.3) is 0 Å². The number of benzene rings is 1. The Morgan fingerprint density at radius 2 is 1.96 bits per heavy atom. The monoisotopic (exact) mass is 403 g/mol. The summed E-state index contributed by atoms with van der Waals surface area (Å²) in [6, 6.07) is 9.87. The van der Waals surface area contributed by atoms with Gasteiger partial charge in [0.15, 0.2) is 12.4 Å². The number of nitriles is 1. The number of Topliss-reactive ketones (excluding diaryl/α,β-unsaturated/α-hetero) is 1. The van der Waals surface area contributed by atoms with E-state index in [2.05, 4.69) is 4.72 Å². The van der Waals surface area contributed by atoms with Gasteiger partial charge in [0.1, 0.15) is 11.7 Å². The summed E-state index contributed by atoms with van der Waals surface area (Å²) in [6.07, 6.45) is 1.43. The molecule has 9 nitrogen and oxygen atoms in total.